The largest absolute Gasteiger partial charge is 0.455 e. The molecule has 2 aromatic carbocycles. The summed E-state index contributed by atoms with van der Waals surface area (Å²) in [6, 6.07) is 16.3. The zero-order valence-corrected chi connectivity index (χ0v) is 16.1. The van der Waals surface area contributed by atoms with Crippen LogP contribution in [-0.4, -0.2) is 16.5 Å². The van der Waals surface area contributed by atoms with Crippen LogP contribution in [0.2, 0.25) is 0 Å². The van der Waals surface area contributed by atoms with Crippen molar-refractivity contribution in [3.8, 4) is 0 Å². The molecule has 4 aliphatic carbocycles. The van der Waals surface area contributed by atoms with Gasteiger partial charge in [0.05, 0.1) is 10.5 Å². The van der Waals surface area contributed by atoms with Crippen LogP contribution in [-0.2, 0) is 10.2 Å². The maximum absolute atomic E-state index is 13.0. The number of esters is 1. The van der Waals surface area contributed by atoms with Crippen LogP contribution >= 0.6 is 0 Å². The van der Waals surface area contributed by atoms with E-state index in [1.807, 2.05) is 6.07 Å². The molecule has 5 heteroatoms. The van der Waals surface area contributed by atoms with Gasteiger partial charge < -0.3 is 4.74 Å². The Balaban J connectivity index is 1.34. The molecule has 0 radical (unpaired) electrons. The third kappa shape index (κ3) is 1.80. The molecule has 0 heterocycles. The highest BCUT2D eigenvalue weighted by atomic mass is 16.6. The van der Waals surface area contributed by atoms with Crippen LogP contribution in [0.4, 0.5) is 5.69 Å². The molecule has 0 amide bonds. The van der Waals surface area contributed by atoms with E-state index in [0.29, 0.717) is 11.5 Å². The molecule has 3 saturated carbocycles. The summed E-state index contributed by atoms with van der Waals surface area (Å²) in [4.78, 5) is 23.4. The van der Waals surface area contributed by atoms with Crippen LogP contribution in [0.1, 0.15) is 42.1 Å². The first-order valence-corrected chi connectivity index (χ1v) is 10.1. The average Bonchev–Trinajstić information content (AvgIpc) is 3.39. The van der Waals surface area contributed by atoms with Crippen LogP contribution in [0.3, 0.4) is 0 Å². The molecular weight excluding hydrogens is 366 g/mol. The van der Waals surface area contributed by atoms with Gasteiger partial charge in [0, 0.05) is 28.9 Å². The van der Waals surface area contributed by atoms with Gasteiger partial charge in [-0.2, -0.15) is 0 Å². The van der Waals surface area contributed by atoms with E-state index in [9.17, 15) is 14.9 Å². The number of ether oxygens (including phenoxy) is 1. The van der Waals surface area contributed by atoms with Crippen molar-refractivity contribution in [2.75, 3.05) is 0 Å². The molecule has 5 nitrogen and oxygen atoms in total. The van der Waals surface area contributed by atoms with Gasteiger partial charge in [-0.3, -0.25) is 10.1 Å². The highest BCUT2D eigenvalue weighted by Gasteiger charge is 2.96. The molecule has 0 N–H and O–H groups in total. The Hall–Kier alpha value is -2.95. The Morgan fingerprint density at radius 2 is 1.83 bits per heavy atom. The smallest absolute Gasteiger partial charge is 0.338 e. The number of nitro benzene ring substituents is 1. The number of fused-ring (bicyclic) bond motifs is 3. The lowest BCUT2D eigenvalue weighted by atomic mass is 9.80. The Morgan fingerprint density at radius 3 is 2.52 bits per heavy atom. The SMILES string of the molecule is C[C@@]12CC34CC=C[C@]3(c3ccccc3)[C@H]4[C@]1(OC(=O)c1ccc([N+](=O)[O-])cc1)C2. The first-order chi connectivity index (χ1) is 13.9. The Bertz CT molecular complexity index is 1090. The lowest BCUT2D eigenvalue weighted by Gasteiger charge is -2.27. The van der Waals surface area contributed by atoms with Crippen molar-refractivity contribution in [1.82, 2.24) is 0 Å². The Morgan fingerprint density at radius 1 is 1.10 bits per heavy atom. The molecular formula is C24H21NO4. The number of nitrogens with zero attached hydrogens (tertiary/aromatic N) is 1. The predicted octanol–water partition coefficient (Wildman–Crippen LogP) is 4.82. The zero-order valence-electron chi connectivity index (χ0n) is 16.1. The van der Waals surface area contributed by atoms with Crippen LogP contribution in [0.25, 0.3) is 0 Å². The van der Waals surface area contributed by atoms with E-state index >= 15 is 0 Å². The molecule has 0 saturated heterocycles. The van der Waals surface area contributed by atoms with E-state index in [-0.39, 0.29) is 27.9 Å². The molecule has 6 rings (SSSR count). The van der Waals surface area contributed by atoms with Crippen molar-refractivity contribution in [2.45, 2.75) is 37.2 Å². The fourth-order valence-corrected chi connectivity index (χ4v) is 7.08. The molecule has 29 heavy (non-hydrogen) atoms. The number of benzene rings is 2. The van der Waals surface area contributed by atoms with Crippen LogP contribution < -0.4 is 0 Å². The molecule has 1 spiro atoms. The quantitative estimate of drug-likeness (QED) is 0.326. The number of carbonyl (C=O) groups is 1. The van der Waals surface area contributed by atoms with Crippen LogP contribution in [0.5, 0.6) is 0 Å². The third-order valence-corrected chi connectivity index (χ3v) is 8.17. The topological polar surface area (TPSA) is 69.4 Å². The van der Waals surface area contributed by atoms with Crippen molar-refractivity contribution in [2.24, 2.45) is 16.7 Å². The van der Waals surface area contributed by atoms with Crippen molar-refractivity contribution >= 4 is 11.7 Å². The highest BCUT2D eigenvalue weighted by molar-refractivity contribution is 5.90. The molecule has 4 aliphatic rings. The fourth-order valence-electron chi connectivity index (χ4n) is 7.08. The van der Waals surface area contributed by atoms with Crippen molar-refractivity contribution in [1.29, 1.82) is 0 Å². The first-order valence-electron chi connectivity index (χ1n) is 10.1. The first kappa shape index (κ1) is 17.0. The predicted molar refractivity (Wildman–Crippen MR) is 106 cm³/mol. The van der Waals surface area contributed by atoms with Gasteiger partial charge >= 0.3 is 5.97 Å². The van der Waals surface area contributed by atoms with Gasteiger partial charge in [-0.1, -0.05) is 49.4 Å². The van der Waals surface area contributed by atoms with E-state index in [0.717, 1.165) is 19.3 Å². The van der Waals surface area contributed by atoms with E-state index in [1.165, 1.54) is 29.8 Å². The summed E-state index contributed by atoms with van der Waals surface area (Å²) >= 11 is 0. The molecule has 3 fully saturated rings. The summed E-state index contributed by atoms with van der Waals surface area (Å²) in [7, 11) is 0. The number of hydrogen-bond acceptors (Lipinski definition) is 4. The van der Waals surface area contributed by atoms with E-state index in [1.54, 1.807) is 0 Å². The van der Waals surface area contributed by atoms with Crippen molar-refractivity contribution in [3.05, 3.63) is 88.0 Å². The monoisotopic (exact) mass is 387 g/mol. The second kappa shape index (κ2) is 4.96. The summed E-state index contributed by atoms with van der Waals surface area (Å²) in [5, 5.41) is 10.9. The molecule has 0 aliphatic heterocycles. The number of allylic oxidation sites excluding steroid dienone is 2. The standard InChI is InChI=1S/C24H21NO4/c1-21-14-22-12-5-13-23(22,17-6-3-2-4-7-17)20(22)24(21,15-21)29-19(26)16-8-10-18(11-9-16)25(27)28/h2-11,13,20H,12,14-15H2,1H3/t20-,21-,22?,23-,24+/m0/s1. The second-order valence-electron chi connectivity index (χ2n) is 9.43. The van der Waals surface area contributed by atoms with E-state index in [2.05, 4.69) is 43.3 Å². The summed E-state index contributed by atoms with van der Waals surface area (Å²) in [5.41, 5.74) is 1.39. The lowest BCUT2D eigenvalue weighted by Crippen LogP contribution is -2.31. The number of rotatable bonds is 4. The Labute approximate surface area is 168 Å². The second-order valence-corrected chi connectivity index (χ2v) is 9.43. The van der Waals surface area contributed by atoms with Crippen LogP contribution in [0, 0.1) is 26.9 Å². The van der Waals surface area contributed by atoms with Crippen molar-refractivity contribution < 1.29 is 14.5 Å². The van der Waals surface area contributed by atoms with Gasteiger partial charge in [-0.05, 0) is 42.4 Å². The van der Waals surface area contributed by atoms with Gasteiger partial charge in [-0.15, -0.1) is 0 Å². The molecule has 146 valence electrons. The summed E-state index contributed by atoms with van der Waals surface area (Å²) in [5.74, 6) is -0.0697. The van der Waals surface area contributed by atoms with Gasteiger partial charge in [-0.25, -0.2) is 4.79 Å². The normalized spacial score (nSPS) is 40.0. The minimum Gasteiger partial charge on any atom is -0.455 e. The molecule has 0 aromatic heterocycles. The molecule has 2 aromatic rings. The highest BCUT2D eigenvalue weighted by Crippen LogP contribution is 2.94. The van der Waals surface area contributed by atoms with Gasteiger partial charge in [0.25, 0.3) is 5.69 Å². The van der Waals surface area contributed by atoms with Gasteiger partial charge in [0.2, 0.25) is 0 Å². The summed E-state index contributed by atoms with van der Waals surface area (Å²) in [6.07, 6.45) is 7.66. The number of nitro groups is 1. The average molecular weight is 387 g/mol. The summed E-state index contributed by atoms with van der Waals surface area (Å²) < 4.78 is 6.25. The third-order valence-electron chi connectivity index (χ3n) is 8.17. The Kier molecular flexibility index (Phi) is 2.90. The maximum Gasteiger partial charge on any atom is 0.338 e. The van der Waals surface area contributed by atoms with E-state index in [4.69, 9.17) is 4.74 Å². The van der Waals surface area contributed by atoms with Crippen LogP contribution in [0.15, 0.2) is 66.7 Å². The number of hydrogen-bond donors (Lipinski definition) is 0. The number of non-ortho nitro benzene ring substituents is 1. The lowest BCUT2D eigenvalue weighted by molar-refractivity contribution is -0.384. The summed E-state index contributed by atoms with van der Waals surface area (Å²) in [6.45, 7) is 2.24. The minimum atomic E-state index is -0.464. The van der Waals surface area contributed by atoms with E-state index < -0.39 is 10.5 Å². The molecule has 0 bridgehead atoms. The molecule has 5 atom stereocenters. The minimum absolute atomic E-state index is 0.0262. The van der Waals surface area contributed by atoms with Crippen molar-refractivity contribution in [3.63, 3.8) is 0 Å². The maximum atomic E-state index is 13.0. The fraction of sp³-hybridized carbons (Fsp3) is 0.375. The number of carbonyl (C=O) groups excluding carboxylic acids is 1. The molecule has 1 unspecified atom stereocenters. The zero-order chi connectivity index (χ0) is 20.1. The van der Waals surface area contributed by atoms with Gasteiger partial charge in [0.1, 0.15) is 5.60 Å². The van der Waals surface area contributed by atoms with Gasteiger partial charge in [0.15, 0.2) is 0 Å².